The van der Waals surface area contributed by atoms with Crippen LogP contribution in [0.1, 0.15) is 26.5 Å². The van der Waals surface area contributed by atoms with E-state index in [1.54, 1.807) is 19.1 Å². The molecule has 1 saturated heterocycles. The third kappa shape index (κ3) is 4.15. The second-order valence-corrected chi connectivity index (χ2v) is 6.90. The summed E-state index contributed by atoms with van der Waals surface area (Å²) in [4.78, 5) is 35.4. The number of nitrogens with zero attached hydrogens (tertiary/aromatic N) is 3. The summed E-state index contributed by atoms with van der Waals surface area (Å²) in [7, 11) is 0. The average Bonchev–Trinajstić information content (AvgIpc) is 3.28. The van der Waals surface area contributed by atoms with E-state index in [4.69, 9.17) is 29.4 Å². The summed E-state index contributed by atoms with van der Waals surface area (Å²) >= 11 is 0. The molecule has 0 saturated carbocycles. The molecule has 0 amide bonds. The molecule has 3 heterocycles. The lowest BCUT2D eigenvalue weighted by Crippen LogP contribution is -2.45. The lowest BCUT2D eigenvalue weighted by Gasteiger charge is -2.28. The number of nitrogens with two attached hydrogens (primary N) is 1. The van der Waals surface area contributed by atoms with Crippen LogP contribution in [-0.2, 0) is 38.9 Å². The summed E-state index contributed by atoms with van der Waals surface area (Å²) in [6.45, 7) is 3.54. The Kier molecular flexibility index (Phi) is 6.50. The van der Waals surface area contributed by atoms with Crippen LogP contribution in [0.25, 0.3) is 5.52 Å². The van der Waals surface area contributed by atoms with Crippen molar-refractivity contribution >= 4 is 29.3 Å². The summed E-state index contributed by atoms with van der Waals surface area (Å²) in [6, 6.07) is 6.77. The van der Waals surface area contributed by atoms with E-state index in [2.05, 4.69) is 5.10 Å². The van der Waals surface area contributed by atoms with Gasteiger partial charge < -0.3 is 29.4 Å². The second-order valence-electron chi connectivity index (χ2n) is 6.90. The highest BCUT2D eigenvalue weighted by Crippen LogP contribution is 2.43. The fraction of sp³-hybridized carbons (Fsp3) is 0.450. The Balaban J connectivity index is 2.10. The number of ether oxygens (including phenoxy) is 5. The van der Waals surface area contributed by atoms with Gasteiger partial charge in [-0.2, -0.15) is 10.4 Å². The molecule has 0 unspecified atom stereocenters. The zero-order chi connectivity index (χ0) is 23.5. The van der Waals surface area contributed by atoms with Gasteiger partial charge in [-0.15, -0.1) is 0 Å². The van der Waals surface area contributed by atoms with E-state index < -0.39 is 48.6 Å². The maximum absolute atomic E-state index is 11.9. The molecule has 0 radical (unpaired) electrons. The molecular formula is C20H22N4O8. The lowest BCUT2D eigenvalue weighted by atomic mass is 9.92. The van der Waals surface area contributed by atoms with Crippen molar-refractivity contribution in [2.45, 2.75) is 44.7 Å². The molecular weight excluding hydrogens is 424 g/mol. The number of anilines is 1. The van der Waals surface area contributed by atoms with Crippen LogP contribution in [0.2, 0.25) is 0 Å². The van der Waals surface area contributed by atoms with Crippen LogP contribution in [0.15, 0.2) is 24.4 Å². The number of carbonyl (C=O) groups is 3. The minimum absolute atomic E-state index is 0.0825. The molecule has 2 aromatic rings. The SMILES string of the molecule is CCOC(=O)OC[C@H]1O[C@@](C#N)(c2ccc3c(N)ccnn23)[C@H](OC(C)=O)[C@@H]1OC(C)=O. The predicted octanol–water partition coefficient (Wildman–Crippen LogP) is 1.07. The van der Waals surface area contributed by atoms with Crippen LogP contribution in [0.5, 0.6) is 0 Å². The number of aromatic nitrogens is 2. The van der Waals surface area contributed by atoms with Gasteiger partial charge in [0.1, 0.15) is 18.8 Å². The fourth-order valence-electron chi connectivity index (χ4n) is 3.57. The highest BCUT2D eigenvalue weighted by Gasteiger charge is 2.62. The number of esters is 2. The Morgan fingerprint density at radius 2 is 1.94 bits per heavy atom. The van der Waals surface area contributed by atoms with Crippen LogP contribution in [0, 0.1) is 11.3 Å². The Morgan fingerprint density at radius 1 is 1.22 bits per heavy atom. The van der Waals surface area contributed by atoms with Crippen molar-refractivity contribution in [1.82, 2.24) is 9.61 Å². The zero-order valence-electron chi connectivity index (χ0n) is 17.6. The molecule has 170 valence electrons. The molecule has 0 aromatic carbocycles. The van der Waals surface area contributed by atoms with E-state index in [0.29, 0.717) is 11.2 Å². The van der Waals surface area contributed by atoms with Crippen LogP contribution < -0.4 is 5.73 Å². The van der Waals surface area contributed by atoms with Gasteiger partial charge in [0, 0.05) is 20.0 Å². The average molecular weight is 446 g/mol. The highest BCUT2D eigenvalue weighted by molar-refractivity contribution is 5.70. The number of rotatable bonds is 6. The summed E-state index contributed by atoms with van der Waals surface area (Å²) in [5.74, 6) is -1.45. The van der Waals surface area contributed by atoms with Crippen LogP contribution >= 0.6 is 0 Å². The van der Waals surface area contributed by atoms with Gasteiger partial charge in [-0.05, 0) is 25.1 Å². The predicted molar refractivity (Wildman–Crippen MR) is 106 cm³/mol. The first-order chi connectivity index (χ1) is 15.2. The maximum atomic E-state index is 11.9. The Hall–Kier alpha value is -3.85. The van der Waals surface area contributed by atoms with Crippen molar-refractivity contribution in [1.29, 1.82) is 5.26 Å². The van der Waals surface area contributed by atoms with Crippen LogP contribution in [0.4, 0.5) is 10.5 Å². The van der Waals surface area contributed by atoms with Gasteiger partial charge in [-0.3, -0.25) is 9.59 Å². The summed E-state index contributed by atoms with van der Waals surface area (Å²) in [5, 5.41) is 14.4. The van der Waals surface area contributed by atoms with Crippen LogP contribution in [0.3, 0.4) is 0 Å². The van der Waals surface area contributed by atoms with E-state index >= 15 is 0 Å². The van der Waals surface area contributed by atoms with Crippen molar-refractivity contribution in [2.24, 2.45) is 0 Å². The molecule has 1 aliphatic heterocycles. The highest BCUT2D eigenvalue weighted by atomic mass is 16.7. The minimum Gasteiger partial charge on any atom is -0.455 e. The smallest absolute Gasteiger partial charge is 0.455 e. The molecule has 0 bridgehead atoms. The molecule has 4 atom stereocenters. The molecule has 1 fully saturated rings. The number of nitriles is 1. The molecule has 12 heteroatoms. The zero-order valence-corrected chi connectivity index (χ0v) is 17.6. The van der Waals surface area contributed by atoms with Crippen molar-refractivity contribution in [2.75, 3.05) is 18.9 Å². The van der Waals surface area contributed by atoms with Gasteiger partial charge in [0.05, 0.1) is 23.5 Å². The fourth-order valence-corrected chi connectivity index (χ4v) is 3.57. The Bertz CT molecular complexity index is 1080. The summed E-state index contributed by atoms with van der Waals surface area (Å²) in [5.41, 5.74) is 5.09. The first kappa shape index (κ1) is 22.8. The topological polar surface area (TPSA) is 164 Å². The largest absolute Gasteiger partial charge is 0.508 e. The van der Waals surface area contributed by atoms with Gasteiger partial charge in [0.15, 0.2) is 12.2 Å². The summed E-state index contributed by atoms with van der Waals surface area (Å²) in [6.07, 6.45) is -3.36. The molecule has 1 aliphatic rings. The van der Waals surface area contributed by atoms with E-state index in [-0.39, 0.29) is 12.3 Å². The second kappa shape index (κ2) is 9.11. The van der Waals surface area contributed by atoms with E-state index in [9.17, 15) is 19.6 Å². The minimum atomic E-state index is -1.96. The van der Waals surface area contributed by atoms with Gasteiger partial charge >= 0.3 is 18.1 Å². The van der Waals surface area contributed by atoms with Crippen LogP contribution in [-0.4, -0.2) is 59.2 Å². The molecule has 2 N–H and O–H groups in total. The third-order valence-corrected chi connectivity index (χ3v) is 4.76. The number of nitrogen functional groups attached to an aromatic ring is 1. The van der Waals surface area contributed by atoms with Crippen molar-refractivity contribution in [3.63, 3.8) is 0 Å². The first-order valence-electron chi connectivity index (χ1n) is 9.69. The van der Waals surface area contributed by atoms with Gasteiger partial charge in [-0.25, -0.2) is 9.31 Å². The standard InChI is InChI=1S/C20H22N4O8/c1-4-28-19(27)29-9-15-17(30-11(2)25)18(31-12(3)26)20(10-21,32-15)16-6-5-14-13(22)7-8-23-24(14)16/h5-8,15,17-18H,4,9,22H2,1-3H3/t15-,17-,18-,20+/m1/s1. The first-order valence-corrected chi connectivity index (χ1v) is 9.69. The van der Waals surface area contributed by atoms with Crippen molar-refractivity contribution < 1.29 is 38.1 Å². The Labute approximate surface area is 182 Å². The van der Waals surface area contributed by atoms with E-state index in [0.717, 1.165) is 13.8 Å². The number of hydrogen-bond acceptors (Lipinski definition) is 11. The van der Waals surface area contributed by atoms with Gasteiger partial charge in [0.25, 0.3) is 0 Å². The molecule has 32 heavy (non-hydrogen) atoms. The van der Waals surface area contributed by atoms with E-state index in [1.807, 2.05) is 6.07 Å². The normalized spacial score (nSPS) is 24.5. The number of carbonyl (C=O) groups excluding carboxylic acids is 3. The lowest BCUT2D eigenvalue weighted by molar-refractivity contribution is -0.166. The van der Waals surface area contributed by atoms with Gasteiger partial charge in [0.2, 0.25) is 5.60 Å². The summed E-state index contributed by atoms with van der Waals surface area (Å²) < 4.78 is 27.9. The molecule has 0 aliphatic carbocycles. The van der Waals surface area contributed by atoms with E-state index in [1.165, 1.54) is 16.8 Å². The monoisotopic (exact) mass is 446 g/mol. The molecule has 3 rings (SSSR count). The van der Waals surface area contributed by atoms with Crippen molar-refractivity contribution in [3.8, 4) is 6.07 Å². The molecule has 0 spiro atoms. The maximum Gasteiger partial charge on any atom is 0.508 e. The third-order valence-electron chi connectivity index (χ3n) is 4.76. The molecule has 2 aromatic heterocycles. The quantitative estimate of drug-likeness (QED) is 0.498. The Morgan fingerprint density at radius 3 is 2.56 bits per heavy atom. The van der Waals surface area contributed by atoms with Crippen molar-refractivity contribution in [3.05, 3.63) is 30.1 Å². The van der Waals surface area contributed by atoms with Gasteiger partial charge in [-0.1, -0.05) is 0 Å². The number of hydrogen-bond donors (Lipinski definition) is 1. The number of fused-ring (bicyclic) bond motifs is 1. The molecule has 12 nitrogen and oxygen atoms in total.